The number of amides is 1. The Kier molecular flexibility index (Phi) is 4.32. The Balaban J connectivity index is 1.96. The Morgan fingerprint density at radius 1 is 1.17 bits per heavy atom. The lowest BCUT2D eigenvalue weighted by Crippen LogP contribution is -2.45. The van der Waals surface area contributed by atoms with Crippen LogP contribution in [-0.4, -0.2) is 34.9 Å². The lowest BCUT2D eigenvalue weighted by molar-refractivity contribution is -0.393. The highest BCUT2D eigenvalue weighted by atomic mass is 16.6. The van der Waals surface area contributed by atoms with Gasteiger partial charge in [-0.15, -0.1) is 0 Å². The Bertz CT molecular complexity index is 692. The van der Waals surface area contributed by atoms with Gasteiger partial charge in [-0.25, -0.2) is 0 Å². The number of hydrogen-bond acceptors (Lipinski definition) is 6. The van der Waals surface area contributed by atoms with E-state index < -0.39 is 9.85 Å². The fraction of sp³-hybridized carbons (Fsp3) is 0.533. The molecule has 3 rings (SSSR count). The summed E-state index contributed by atoms with van der Waals surface area (Å²) in [4.78, 5) is 34.6. The van der Waals surface area contributed by atoms with Crippen LogP contribution in [0.2, 0.25) is 0 Å². The number of carbonyl (C=O) groups excluding carboxylic acids is 1. The molecule has 24 heavy (non-hydrogen) atoms. The number of nitro groups is 2. The van der Waals surface area contributed by atoms with Crippen LogP contribution in [0, 0.1) is 26.1 Å². The molecule has 1 aromatic rings. The van der Waals surface area contributed by atoms with Crippen molar-refractivity contribution in [3.8, 4) is 0 Å². The van der Waals surface area contributed by atoms with Crippen LogP contribution in [0.3, 0.4) is 0 Å². The van der Waals surface area contributed by atoms with Crippen LogP contribution in [0.1, 0.15) is 25.7 Å². The smallest absolute Gasteiger partial charge is 0.299 e. The number of rotatable bonds is 4. The van der Waals surface area contributed by atoms with Crippen LogP contribution in [0.15, 0.2) is 18.2 Å². The van der Waals surface area contributed by atoms with Crippen molar-refractivity contribution in [3.63, 3.8) is 0 Å². The van der Waals surface area contributed by atoms with E-state index in [2.05, 4.69) is 5.32 Å². The van der Waals surface area contributed by atoms with E-state index in [1.54, 1.807) is 0 Å². The largest absolute Gasteiger partial charge is 0.363 e. The first-order valence-corrected chi connectivity index (χ1v) is 7.93. The van der Waals surface area contributed by atoms with E-state index in [0.29, 0.717) is 25.2 Å². The van der Waals surface area contributed by atoms with E-state index >= 15 is 0 Å². The number of anilines is 1. The maximum Gasteiger partial charge on any atom is 0.299 e. The molecule has 1 aromatic carbocycles. The number of hydrogen-bond donors (Lipinski definition) is 1. The molecule has 0 saturated carbocycles. The summed E-state index contributed by atoms with van der Waals surface area (Å²) in [6.07, 6.45) is 3.18. The topological polar surface area (TPSA) is 119 Å². The van der Waals surface area contributed by atoms with Crippen molar-refractivity contribution in [2.24, 2.45) is 5.92 Å². The van der Waals surface area contributed by atoms with Gasteiger partial charge in [-0.1, -0.05) is 0 Å². The Morgan fingerprint density at radius 3 is 2.58 bits per heavy atom. The van der Waals surface area contributed by atoms with Crippen molar-refractivity contribution in [1.82, 2.24) is 5.32 Å². The summed E-state index contributed by atoms with van der Waals surface area (Å²) in [6, 6.07) is 3.79. The molecule has 2 unspecified atom stereocenters. The monoisotopic (exact) mass is 334 g/mol. The Labute approximate surface area is 137 Å². The lowest BCUT2D eigenvalue weighted by atomic mass is 9.89. The second-order valence-corrected chi connectivity index (χ2v) is 6.21. The van der Waals surface area contributed by atoms with Crippen LogP contribution in [-0.2, 0) is 4.79 Å². The van der Waals surface area contributed by atoms with Gasteiger partial charge in [0.05, 0.1) is 15.9 Å². The Morgan fingerprint density at radius 2 is 1.96 bits per heavy atom. The zero-order valence-corrected chi connectivity index (χ0v) is 13.0. The van der Waals surface area contributed by atoms with Gasteiger partial charge in [0.2, 0.25) is 5.91 Å². The second-order valence-electron chi connectivity index (χ2n) is 6.21. The van der Waals surface area contributed by atoms with Crippen molar-refractivity contribution in [1.29, 1.82) is 0 Å². The first-order valence-electron chi connectivity index (χ1n) is 7.93. The summed E-state index contributed by atoms with van der Waals surface area (Å²) < 4.78 is 0. The van der Waals surface area contributed by atoms with Gasteiger partial charge < -0.3 is 10.2 Å². The third-order valence-corrected chi connectivity index (χ3v) is 4.78. The molecule has 1 N–H and O–H groups in total. The van der Waals surface area contributed by atoms with Gasteiger partial charge in [0.15, 0.2) is 0 Å². The predicted molar refractivity (Wildman–Crippen MR) is 85.9 cm³/mol. The number of nitro benzene ring substituents is 2. The zero-order chi connectivity index (χ0) is 17.3. The van der Waals surface area contributed by atoms with E-state index in [1.807, 2.05) is 4.90 Å². The summed E-state index contributed by atoms with van der Waals surface area (Å²) >= 11 is 0. The highest BCUT2D eigenvalue weighted by molar-refractivity contribution is 5.78. The van der Waals surface area contributed by atoms with E-state index in [4.69, 9.17) is 0 Å². The molecule has 2 saturated heterocycles. The first-order chi connectivity index (χ1) is 11.5. The van der Waals surface area contributed by atoms with E-state index in [-0.39, 0.29) is 29.2 Å². The summed E-state index contributed by atoms with van der Waals surface area (Å²) in [7, 11) is 0. The number of carbonyl (C=O) groups is 1. The van der Waals surface area contributed by atoms with E-state index in [0.717, 1.165) is 25.3 Å². The Hall–Kier alpha value is -2.71. The maximum atomic E-state index is 11.5. The third kappa shape index (κ3) is 3.01. The van der Waals surface area contributed by atoms with E-state index in [1.165, 1.54) is 12.1 Å². The fourth-order valence-electron chi connectivity index (χ4n) is 3.66. The minimum atomic E-state index is -0.635. The van der Waals surface area contributed by atoms with Crippen LogP contribution in [0.5, 0.6) is 0 Å². The number of benzene rings is 1. The SMILES string of the molecule is O=C1CC(C2CCCCN2c2ccc([N+](=O)[O-])cc2[N+](=O)[O-])CN1. The minimum Gasteiger partial charge on any atom is -0.363 e. The molecular weight excluding hydrogens is 316 g/mol. The fourth-order valence-corrected chi connectivity index (χ4v) is 3.66. The molecule has 0 spiro atoms. The second kappa shape index (κ2) is 6.42. The highest BCUT2D eigenvalue weighted by Gasteiger charge is 2.37. The zero-order valence-electron chi connectivity index (χ0n) is 13.0. The van der Waals surface area contributed by atoms with Crippen molar-refractivity contribution >= 4 is 23.0 Å². The average Bonchev–Trinajstić information content (AvgIpc) is 3.00. The number of nitrogens with zero attached hydrogens (tertiary/aromatic N) is 3. The average molecular weight is 334 g/mol. The molecule has 2 atom stereocenters. The lowest BCUT2D eigenvalue weighted by Gasteiger charge is -2.40. The summed E-state index contributed by atoms with van der Waals surface area (Å²) in [6.45, 7) is 1.22. The van der Waals surface area contributed by atoms with Crippen molar-refractivity contribution in [2.75, 3.05) is 18.0 Å². The standard InChI is InChI=1S/C15H18N4O5/c20-15-7-10(9-16-15)12-3-1-2-6-17(12)13-5-4-11(18(21)22)8-14(13)19(23)24/h4-5,8,10,12H,1-3,6-7,9H2,(H,16,20). The molecule has 0 aromatic heterocycles. The first kappa shape index (κ1) is 16.2. The summed E-state index contributed by atoms with van der Waals surface area (Å²) in [5.41, 5.74) is -0.153. The molecule has 2 heterocycles. The molecule has 0 aliphatic carbocycles. The van der Waals surface area contributed by atoms with Gasteiger partial charge >= 0.3 is 0 Å². The molecular formula is C15H18N4O5. The highest BCUT2D eigenvalue weighted by Crippen LogP contribution is 2.38. The minimum absolute atomic E-state index is 0.00345. The third-order valence-electron chi connectivity index (χ3n) is 4.78. The number of nitrogens with one attached hydrogen (secondary N) is 1. The number of piperidine rings is 1. The normalized spacial score (nSPS) is 23.8. The van der Waals surface area contributed by atoms with Gasteiger partial charge in [-0.2, -0.15) is 0 Å². The van der Waals surface area contributed by atoms with Gasteiger partial charge in [-0.05, 0) is 25.3 Å². The molecule has 0 bridgehead atoms. The van der Waals surface area contributed by atoms with Crippen LogP contribution in [0.4, 0.5) is 17.1 Å². The van der Waals surface area contributed by atoms with Gasteiger partial charge in [0.1, 0.15) is 5.69 Å². The molecule has 2 aliphatic heterocycles. The molecule has 2 fully saturated rings. The molecule has 1 amide bonds. The molecule has 128 valence electrons. The summed E-state index contributed by atoms with van der Waals surface area (Å²) in [5, 5.41) is 25.1. The molecule has 9 nitrogen and oxygen atoms in total. The van der Waals surface area contributed by atoms with Crippen molar-refractivity contribution < 1.29 is 14.6 Å². The maximum absolute atomic E-state index is 11.5. The quantitative estimate of drug-likeness (QED) is 0.664. The predicted octanol–water partition coefficient (Wildman–Crippen LogP) is 2.00. The van der Waals surface area contributed by atoms with Gasteiger partial charge in [0, 0.05) is 37.5 Å². The summed E-state index contributed by atoms with van der Waals surface area (Å²) in [5.74, 6) is 0.108. The van der Waals surface area contributed by atoms with Crippen LogP contribution < -0.4 is 10.2 Å². The molecule has 0 radical (unpaired) electrons. The van der Waals surface area contributed by atoms with Crippen molar-refractivity contribution in [3.05, 3.63) is 38.4 Å². The molecule has 9 heteroatoms. The van der Waals surface area contributed by atoms with Gasteiger partial charge in [-0.3, -0.25) is 25.0 Å². The van der Waals surface area contributed by atoms with Crippen LogP contribution in [0.25, 0.3) is 0 Å². The molecule has 2 aliphatic rings. The van der Waals surface area contributed by atoms with Crippen molar-refractivity contribution in [2.45, 2.75) is 31.7 Å². The van der Waals surface area contributed by atoms with Gasteiger partial charge in [0.25, 0.3) is 11.4 Å². The number of non-ortho nitro benzene ring substituents is 1. The van der Waals surface area contributed by atoms with Crippen LogP contribution >= 0.6 is 0 Å². The van der Waals surface area contributed by atoms with E-state index in [9.17, 15) is 25.0 Å².